The average Bonchev–Trinajstić information content (AvgIpc) is 2.60. The van der Waals surface area contributed by atoms with Gasteiger partial charge >= 0.3 is 11.7 Å². The standard InChI is InChI=1S/C18H16ClN3O3/c1-2-20-15-11-7-3-6-10-14(11)25-17(23)16(15)22-18(24)21-13-9-5-4-8-12(13)19/h3-10,20H,2H2,1H3,(H2,21,22,24). The highest BCUT2D eigenvalue weighted by molar-refractivity contribution is 6.33. The van der Waals surface area contributed by atoms with E-state index in [-0.39, 0.29) is 5.69 Å². The molecule has 6 nitrogen and oxygen atoms in total. The van der Waals surface area contributed by atoms with Gasteiger partial charge in [-0.2, -0.15) is 0 Å². The van der Waals surface area contributed by atoms with E-state index in [9.17, 15) is 9.59 Å². The second-order valence-corrected chi connectivity index (χ2v) is 5.63. The minimum Gasteiger partial charge on any atom is -0.421 e. The molecule has 0 aliphatic rings. The largest absolute Gasteiger partial charge is 0.421 e. The number of fused-ring (bicyclic) bond motifs is 1. The minimum atomic E-state index is -0.635. The molecule has 2 aromatic carbocycles. The molecule has 1 heterocycles. The molecule has 0 bridgehead atoms. The molecule has 3 N–H and O–H groups in total. The van der Waals surface area contributed by atoms with Gasteiger partial charge in [-0.25, -0.2) is 9.59 Å². The first kappa shape index (κ1) is 16.9. The lowest BCUT2D eigenvalue weighted by atomic mass is 10.2. The van der Waals surface area contributed by atoms with Crippen LogP contribution in [0.25, 0.3) is 11.0 Å². The summed E-state index contributed by atoms with van der Waals surface area (Å²) in [6, 6.07) is 13.4. The SMILES string of the molecule is CCNc1c(NC(=O)Nc2ccccc2Cl)c(=O)oc2ccccc12. The van der Waals surface area contributed by atoms with E-state index in [0.29, 0.717) is 33.9 Å². The quantitative estimate of drug-likeness (QED) is 0.599. The first-order valence-electron chi connectivity index (χ1n) is 7.72. The number of para-hydroxylation sites is 2. The number of halogens is 1. The van der Waals surface area contributed by atoms with Crippen molar-refractivity contribution < 1.29 is 9.21 Å². The van der Waals surface area contributed by atoms with Crippen LogP contribution in [0.4, 0.5) is 21.9 Å². The zero-order chi connectivity index (χ0) is 17.8. The Labute approximate surface area is 148 Å². The smallest absolute Gasteiger partial charge is 0.362 e. The van der Waals surface area contributed by atoms with Crippen LogP contribution in [0.5, 0.6) is 0 Å². The summed E-state index contributed by atoms with van der Waals surface area (Å²) < 4.78 is 5.29. The lowest BCUT2D eigenvalue weighted by Crippen LogP contribution is -2.24. The van der Waals surface area contributed by atoms with Gasteiger partial charge in [0.1, 0.15) is 5.58 Å². The average molecular weight is 358 g/mol. The molecule has 0 unspecified atom stereocenters. The zero-order valence-corrected chi connectivity index (χ0v) is 14.2. The number of hydrogen-bond acceptors (Lipinski definition) is 4. The van der Waals surface area contributed by atoms with Gasteiger partial charge in [-0.3, -0.25) is 5.32 Å². The predicted molar refractivity (Wildman–Crippen MR) is 101 cm³/mol. The molecule has 0 fully saturated rings. The van der Waals surface area contributed by atoms with Crippen molar-refractivity contribution in [1.82, 2.24) is 0 Å². The van der Waals surface area contributed by atoms with Gasteiger partial charge < -0.3 is 15.1 Å². The van der Waals surface area contributed by atoms with Crippen molar-refractivity contribution in [3.05, 3.63) is 64.0 Å². The van der Waals surface area contributed by atoms with Crippen LogP contribution in [-0.4, -0.2) is 12.6 Å². The summed E-state index contributed by atoms with van der Waals surface area (Å²) in [5.41, 5.74) is 0.815. The van der Waals surface area contributed by atoms with E-state index in [0.717, 1.165) is 0 Å². The third-order valence-corrected chi connectivity index (χ3v) is 3.86. The van der Waals surface area contributed by atoms with Crippen molar-refractivity contribution in [2.45, 2.75) is 6.92 Å². The van der Waals surface area contributed by atoms with E-state index in [1.807, 2.05) is 19.1 Å². The number of rotatable bonds is 4. The third kappa shape index (κ3) is 3.59. The van der Waals surface area contributed by atoms with Crippen molar-refractivity contribution in [2.75, 3.05) is 22.5 Å². The highest BCUT2D eigenvalue weighted by Crippen LogP contribution is 2.28. The first-order valence-corrected chi connectivity index (χ1v) is 8.10. The van der Waals surface area contributed by atoms with Gasteiger partial charge in [0, 0.05) is 11.9 Å². The molecule has 0 saturated heterocycles. The van der Waals surface area contributed by atoms with E-state index in [4.69, 9.17) is 16.0 Å². The molecule has 128 valence electrons. The van der Waals surface area contributed by atoms with Crippen molar-refractivity contribution in [3.8, 4) is 0 Å². The summed E-state index contributed by atoms with van der Waals surface area (Å²) in [5, 5.41) is 9.38. The van der Waals surface area contributed by atoms with E-state index in [1.54, 1.807) is 36.4 Å². The van der Waals surface area contributed by atoms with Gasteiger partial charge in [-0.05, 0) is 31.2 Å². The number of anilines is 3. The second-order valence-electron chi connectivity index (χ2n) is 5.22. The maximum atomic E-state index is 12.3. The molecule has 1 aromatic heterocycles. The fourth-order valence-electron chi connectivity index (χ4n) is 2.45. The molecule has 7 heteroatoms. The van der Waals surface area contributed by atoms with Gasteiger partial charge in [0.25, 0.3) is 0 Å². The Morgan fingerprint density at radius 3 is 2.52 bits per heavy atom. The fraction of sp³-hybridized carbons (Fsp3) is 0.111. The summed E-state index contributed by atoms with van der Waals surface area (Å²) >= 11 is 6.03. The second kappa shape index (κ2) is 7.27. The van der Waals surface area contributed by atoms with Gasteiger partial charge in [0.15, 0.2) is 5.69 Å². The van der Waals surface area contributed by atoms with E-state index >= 15 is 0 Å². The van der Waals surface area contributed by atoms with Crippen molar-refractivity contribution >= 4 is 45.7 Å². The Kier molecular flexibility index (Phi) is 4.90. The number of hydrogen-bond donors (Lipinski definition) is 3. The Morgan fingerprint density at radius 1 is 1.04 bits per heavy atom. The van der Waals surface area contributed by atoms with Gasteiger partial charge in [-0.1, -0.05) is 35.9 Å². The first-order chi connectivity index (χ1) is 12.1. The number of carbonyl (C=O) groups excluding carboxylic acids is 1. The summed E-state index contributed by atoms with van der Waals surface area (Å²) in [5.74, 6) is 0. The van der Waals surface area contributed by atoms with Crippen LogP contribution in [0.3, 0.4) is 0 Å². The predicted octanol–water partition coefficient (Wildman–Crippen LogP) is 4.52. The molecular formula is C18H16ClN3O3. The van der Waals surface area contributed by atoms with Crippen LogP contribution in [-0.2, 0) is 0 Å². The normalized spacial score (nSPS) is 10.5. The highest BCUT2D eigenvalue weighted by Gasteiger charge is 2.17. The number of urea groups is 1. The lowest BCUT2D eigenvalue weighted by Gasteiger charge is -2.14. The Hall–Kier alpha value is -2.99. The summed E-state index contributed by atoms with van der Waals surface area (Å²) in [4.78, 5) is 24.6. The van der Waals surface area contributed by atoms with Crippen LogP contribution >= 0.6 is 11.6 Å². The number of amides is 2. The number of nitrogens with one attached hydrogen (secondary N) is 3. The molecular weight excluding hydrogens is 342 g/mol. The molecule has 0 saturated carbocycles. The van der Waals surface area contributed by atoms with Gasteiger partial charge in [0.05, 0.1) is 16.4 Å². The molecule has 0 spiro atoms. The van der Waals surface area contributed by atoms with Crippen molar-refractivity contribution in [2.24, 2.45) is 0 Å². The van der Waals surface area contributed by atoms with E-state index < -0.39 is 11.7 Å². The maximum Gasteiger partial charge on any atom is 0.362 e. The van der Waals surface area contributed by atoms with Gasteiger partial charge in [-0.15, -0.1) is 0 Å². The molecule has 0 atom stereocenters. The van der Waals surface area contributed by atoms with Gasteiger partial charge in [0.2, 0.25) is 0 Å². The third-order valence-electron chi connectivity index (χ3n) is 3.53. The molecule has 0 radical (unpaired) electrons. The molecule has 25 heavy (non-hydrogen) atoms. The topological polar surface area (TPSA) is 83.4 Å². The molecule has 3 rings (SSSR count). The van der Waals surface area contributed by atoms with Crippen LogP contribution in [0.1, 0.15) is 6.92 Å². The summed E-state index contributed by atoms with van der Waals surface area (Å²) in [7, 11) is 0. The molecule has 0 aliphatic heterocycles. The Balaban J connectivity index is 1.96. The Morgan fingerprint density at radius 2 is 1.76 bits per heavy atom. The molecule has 3 aromatic rings. The monoisotopic (exact) mass is 357 g/mol. The van der Waals surface area contributed by atoms with Crippen molar-refractivity contribution in [3.63, 3.8) is 0 Å². The molecule has 2 amide bonds. The van der Waals surface area contributed by atoms with E-state index in [2.05, 4.69) is 16.0 Å². The maximum absolute atomic E-state index is 12.3. The fourth-order valence-corrected chi connectivity index (χ4v) is 2.64. The van der Waals surface area contributed by atoms with Crippen LogP contribution < -0.4 is 21.6 Å². The lowest BCUT2D eigenvalue weighted by molar-refractivity contribution is 0.262. The minimum absolute atomic E-state index is 0.0464. The van der Waals surface area contributed by atoms with Crippen LogP contribution in [0.2, 0.25) is 5.02 Å². The summed E-state index contributed by atoms with van der Waals surface area (Å²) in [6.45, 7) is 2.48. The zero-order valence-electron chi connectivity index (χ0n) is 13.4. The summed E-state index contributed by atoms with van der Waals surface area (Å²) in [6.07, 6.45) is 0. The van der Waals surface area contributed by atoms with Crippen LogP contribution in [0.15, 0.2) is 57.7 Å². The molecule has 0 aliphatic carbocycles. The number of carbonyl (C=O) groups is 1. The van der Waals surface area contributed by atoms with E-state index in [1.165, 1.54) is 0 Å². The highest BCUT2D eigenvalue weighted by atomic mass is 35.5. The van der Waals surface area contributed by atoms with Crippen LogP contribution in [0, 0.1) is 0 Å². The van der Waals surface area contributed by atoms with Crippen molar-refractivity contribution in [1.29, 1.82) is 0 Å². The Bertz CT molecular complexity index is 985. The number of benzene rings is 2.